The van der Waals surface area contributed by atoms with E-state index in [4.69, 9.17) is 21.3 Å². The molecule has 0 saturated carbocycles. The highest BCUT2D eigenvalue weighted by Crippen LogP contribution is 2.39. The third-order valence-electron chi connectivity index (χ3n) is 4.99. The molecule has 2 atom stereocenters. The van der Waals surface area contributed by atoms with E-state index in [-0.39, 0.29) is 6.04 Å². The fourth-order valence-corrected chi connectivity index (χ4v) is 3.58. The monoisotopic (exact) mass is 385 g/mol. The standard InChI is InChI=1S/C20H20ClN3O3/c1-12(20(25)26)16-11-24(9-8-22-16)19-14-4-2-3-5-17(14)27-18-7-6-13(21)10-15(18)23-19/h2-7,10,12,16,22H,8-9,11H2,1H3,(H,25,26)/t12-,16+/m0/s1. The van der Waals surface area contributed by atoms with Gasteiger partial charge in [0.15, 0.2) is 5.75 Å². The number of amidine groups is 1. The Hall–Kier alpha value is -2.57. The lowest BCUT2D eigenvalue weighted by Crippen LogP contribution is -2.56. The molecule has 2 aromatic carbocycles. The quantitative estimate of drug-likeness (QED) is 0.827. The first-order valence-corrected chi connectivity index (χ1v) is 9.27. The first-order chi connectivity index (χ1) is 13.0. The average molecular weight is 386 g/mol. The number of hydrogen-bond acceptors (Lipinski definition) is 5. The molecular weight excluding hydrogens is 366 g/mol. The van der Waals surface area contributed by atoms with Crippen molar-refractivity contribution in [2.24, 2.45) is 10.9 Å². The normalized spacial score (nSPS) is 19.9. The van der Waals surface area contributed by atoms with Crippen LogP contribution in [0, 0.1) is 5.92 Å². The van der Waals surface area contributed by atoms with Crippen LogP contribution in [-0.2, 0) is 4.79 Å². The molecule has 0 bridgehead atoms. The number of benzene rings is 2. The summed E-state index contributed by atoms with van der Waals surface area (Å²) >= 11 is 6.16. The first-order valence-electron chi connectivity index (χ1n) is 8.89. The van der Waals surface area contributed by atoms with Crippen molar-refractivity contribution in [3.8, 4) is 11.5 Å². The molecule has 0 unspecified atom stereocenters. The van der Waals surface area contributed by atoms with Crippen LogP contribution in [0.15, 0.2) is 47.5 Å². The van der Waals surface area contributed by atoms with E-state index >= 15 is 0 Å². The van der Waals surface area contributed by atoms with E-state index in [0.29, 0.717) is 29.5 Å². The first kappa shape index (κ1) is 17.8. The molecule has 0 spiro atoms. The number of aliphatic imine (C=N–C) groups is 1. The zero-order valence-corrected chi connectivity index (χ0v) is 15.6. The summed E-state index contributed by atoms with van der Waals surface area (Å²) in [6.07, 6.45) is 0. The second-order valence-electron chi connectivity index (χ2n) is 6.78. The summed E-state index contributed by atoms with van der Waals surface area (Å²) in [5, 5.41) is 13.3. The zero-order chi connectivity index (χ0) is 19.0. The van der Waals surface area contributed by atoms with Crippen LogP contribution in [0.5, 0.6) is 11.5 Å². The van der Waals surface area contributed by atoms with Gasteiger partial charge in [0.25, 0.3) is 0 Å². The second-order valence-corrected chi connectivity index (χ2v) is 7.22. The number of nitrogens with zero attached hydrogens (tertiary/aromatic N) is 2. The summed E-state index contributed by atoms with van der Waals surface area (Å²) in [5.41, 5.74) is 1.54. The minimum Gasteiger partial charge on any atom is -0.481 e. The van der Waals surface area contributed by atoms with Crippen LogP contribution < -0.4 is 10.1 Å². The molecule has 140 valence electrons. The largest absolute Gasteiger partial charge is 0.481 e. The van der Waals surface area contributed by atoms with Crippen LogP contribution in [-0.4, -0.2) is 47.5 Å². The van der Waals surface area contributed by atoms with E-state index in [2.05, 4.69) is 10.2 Å². The minimum absolute atomic E-state index is 0.158. The lowest BCUT2D eigenvalue weighted by molar-refractivity contribution is -0.142. The fourth-order valence-electron chi connectivity index (χ4n) is 3.42. The van der Waals surface area contributed by atoms with Gasteiger partial charge < -0.3 is 20.1 Å². The zero-order valence-electron chi connectivity index (χ0n) is 14.9. The minimum atomic E-state index is -0.807. The summed E-state index contributed by atoms with van der Waals surface area (Å²) in [6.45, 7) is 3.69. The highest BCUT2D eigenvalue weighted by molar-refractivity contribution is 6.31. The Kier molecular flexibility index (Phi) is 4.76. The molecule has 2 N–H and O–H groups in total. The number of fused-ring (bicyclic) bond motifs is 2. The van der Waals surface area contributed by atoms with Gasteiger partial charge >= 0.3 is 5.97 Å². The van der Waals surface area contributed by atoms with Gasteiger partial charge in [-0.25, -0.2) is 4.99 Å². The molecule has 6 nitrogen and oxygen atoms in total. The Bertz CT molecular complexity index is 915. The Morgan fingerprint density at radius 1 is 1.33 bits per heavy atom. The summed E-state index contributed by atoms with van der Waals surface area (Å²) in [7, 11) is 0. The maximum absolute atomic E-state index is 11.4. The van der Waals surface area contributed by atoms with Gasteiger partial charge in [0.2, 0.25) is 0 Å². The Morgan fingerprint density at radius 3 is 2.96 bits per heavy atom. The number of carboxylic acids is 1. The van der Waals surface area contributed by atoms with Crippen LogP contribution in [0.4, 0.5) is 5.69 Å². The second kappa shape index (κ2) is 7.21. The maximum atomic E-state index is 11.4. The van der Waals surface area contributed by atoms with E-state index in [1.54, 1.807) is 19.1 Å². The van der Waals surface area contributed by atoms with Crippen LogP contribution in [0.1, 0.15) is 12.5 Å². The SMILES string of the molecule is C[C@H](C(=O)O)[C@H]1CN(C2=Nc3cc(Cl)ccc3Oc3ccccc32)CCN1. The number of carbonyl (C=O) groups is 1. The van der Waals surface area contributed by atoms with Gasteiger partial charge in [-0.2, -0.15) is 0 Å². The van der Waals surface area contributed by atoms with Gasteiger partial charge in [0.1, 0.15) is 17.3 Å². The molecule has 2 aliphatic rings. The third kappa shape index (κ3) is 3.50. The van der Waals surface area contributed by atoms with Crippen molar-refractivity contribution in [1.29, 1.82) is 0 Å². The van der Waals surface area contributed by atoms with Crippen molar-refractivity contribution in [2.75, 3.05) is 19.6 Å². The third-order valence-corrected chi connectivity index (χ3v) is 5.23. The van der Waals surface area contributed by atoms with Gasteiger partial charge in [0, 0.05) is 30.7 Å². The number of piperazine rings is 1. The summed E-state index contributed by atoms with van der Waals surface area (Å²) in [5.74, 6) is 0.840. The van der Waals surface area contributed by atoms with Crippen molar-refractivity contribution in [2.45, 2.75) is 13.0 Å². The topological polar surface area (TPSA) is 74.2 Å². The van der Waals surface area contributed by atoms with E-state index in [1.165, 1.54) is 0 Å². The number of nitrogens with one attached hydrogen (secondary N) is 1. The summed E-state index contributed by atoms with van der Waals surface area (Å²) in [4.78, 5) is 18.4. The number of halogens is 1. The van der Waals surface area contributed by atoms with Crippen molar-refractivity contribution < 1.29 is 14.6 Å². The van der Waals surface area contributed by atoms with Crippen LogP contribution in [0.25, 0.3) is 0 Å². The average Bonchev–Trinajstić information content (AvgIpc) is 2.84. The van der Waals surface area contributed by atoms with Gasteiger partial charge in [-0.05, 0) is 30.3 Å². The highest BCUT2D eigenvalue weighted by atomic mass is 35.5. The van der Waals surface area contributed by atoms with Gasteiger partial charge in [-0.1, -0.05) is 30.7 Å². The van der Waals surface area contributed by atoms with E-state index in [1.807, 2.05) is 30.3 Å². The molecule has 0 amide bonds. The van der Waals surface area contributed by atoms with E-state index in [9.17, 15) is 9.90 Å². The molecule has 2 heterocycles. The molecule has 0 radical (unpaired) electrons. The number of rotatable bonds is 2. The molecule has 4 rings (SSSR count). The van der Waals surface area contributed by atoms with Gasteiger partial charge in [0.05, 0.1) is 11.5 Å². The molecule has 7 heteroatoms. The number of hydrogen-bond donors (Lipinski definition) is 2. The smallest absolute Gasteiger partial charge is 0.307 e. The van der Waals surface area contributed by atoms with Crippen LogP contribution >= 0.6 is 11.6 Å². The van der Waals surface area contributed by atoms with Crippen molar-refractivity contribution in [3.63, 3.8) is 0 Å². The molecule has 27 heavy (non-hydrogen) atoms. The number of carboxylic acid groups (broad SMARTS) is 1. The molecule has 0 aliphatic carbocycles. The number of aliphatic carboxylic acids is 1. The van der Waals surface area contributed by atoms with E-state index < -0.39 is 11.9 Å². The lowest BCUT2D eigenvalue weighted by Gasteiger charge is -2.37. The fraction of sp³-hybridized carbons (Fsp3) is 0.300. The number of ether oxygens (including phenoxy) is 1. The van der Waals surface area contributed by atoms with Crippen LogP contribution in [0.2, 0.25) is 5.02 Å². The number of para-hydroxylation sites is 1. The van der Waals surface area contributed by atoms with Crippen LogP contribution in [0.3, 0.4) is 0 Å². The molecule has 1 saturated heterocycles. The summed E-state index contributed by atoms with van der Waals surface area (Å²) in [6, 6.07) is 13.0. The molecule has 1 fully saturated rings. The molecule has 2 aliphatic heterocycles. The molecule has 0 aromatic heterocycles. The summed E-state index contributed by atoms with van der Waals surface area (Å²) < 4.78 is 6.08. The van der Waals surface area contributed by atoms with Crippen molar-refractivity contribution in [3.05, 3.63) is 53.1 Å². The van der Waals surface area contributed by atoms with Crippen molar-refractivity contribution >= 4 is 29.1 Å². The molecule has 2 aromatic rings. The predicted octanol–water partition coefficient (Wildman–Crippen LogP) is 3.52. The lowest BCUT2D eigenvalue weighted by atomic mass is 9.99. The predicted molar refractivity (Wildman–Crippen MR) is 104 cm³/mol. The van der Waals surface area contributed by atoms with Gasteiger partial charge in [-0.15, -0.1) is 0 Å². The van der Waals surface area contributed by atoms with Crippen molar-refractivity contribution in [1.82, 2.24) is 10.2 Å². The van der Waals surface area contributed by atoms with E-state index in [0.717, 1.165) is 23.7 Å². The Balaban J connectivity index is 1.76. The Morgan fingerprint density at radius 2 is 2.15 bits per heavy atom. The Labute approximate surface area is 162 Å². The van der Waals surface area contributed by atoms with Gasteiger partial charge in [-0.3, -0.25) is 4.79 Å². The maximum Gasteiger partial charge on any atom is 0.307 e. The molecular formula is C20H20ClN3O3. The highest BCUT2D eigenvalue weighted by Gasteiger charge is 2.31.